The Morgan fingerprint density at radius 1 is 1.14 bits per heavy atom. The first kappa shape index (κ1) is 23.1. The number of nitrogens with one attached hydrogen (secondary N) is 1. The van der Waals surface area contributed by atoms with Crippen LogP contribution < -0.4 is 14.8 Å². The first-order valence-electron chi connectivity index (χ1n) is 11.3. The van der Waals surface area contributed by atoms with E-state index in [1.165, 1.54) is 13.3 Å². The molecule has 180 valence electrons. The predicted molar refractivity (Wildman–Crippen MR) is 130 cm³/mol. The minimum atomic E-state index is -0.349. The van der Waals surface area contributed by atoms with Crippen molar-refractivity contribution in [1.29, 1.82) is 0 Å². The molecule has 1 saturated carbocycles. The third kappa shape index (κ3) is 4.30. The van der Waals surface area contributed by atoms with Crippen molar-refractivity contribution in [3.63, 3.8) is 0 Å². The van der Waals surface area contributed by atoms with E-state index >= 15 is 0 Å². The molecular formula is C26H24ClN3O5. The summed E-state index contributed by atoms with van der Waals surface area (Å²) in [5.41, 5.74) is 2.26. The second-order valence-electron chi connectivity index (χ2n) is 8.97. The lowest BCUT2D eigenvalue weighted by molar-refractivity contribution is -0.140. The number of benzene rings is 2. The number of carbonyl (C=O) groups excluding carboxylic acids is 3. The largest absolute Gasteiger partial charge is 0.493 e. The Labute approximate surface area is 207 Å². The lowest BCUT2D eigenvalue weighted by Crippen LogP contribution is -2.28. The average Bonchev–Trinajstić information content (AvgIpc) is 3.52. The maximum atomic E-state index is 12.8. The van der Waals surface area contributed by atoms with Gasteiger partial charge >= 0.3 is 0 Å². The van der Waals surface area contributed by atoms with Crippen LogP contribution >= 0.6 is 11.6 Å². The van der Waals surface area contributed by atoms with Gasteiger partial charge in [-0.2, -0.15) is 10.1 Å². The number of carbonyl (C=O) groups is 3. The number of methoxy groups -OCH3 is 1. The zero-order chi connectivity index (χ0) is 24.7. The SMILES string of the molecule is COc1cc(C=NN2C(=O)[C@@H]3[C@H](C2=O)[C@H]2C=C[C@H]3C2)cc(Cl)c1OCC(=O)Nc1ccc(C)cc1. The van der Waals surface area contributed by atoms with E-state index in [1.54, 1.807) is 24.3 Å². The van der Waals surface area contributed by atoms with Crippen LogP contribution in [0.2, 0.25) is 5.02 Å². The van der Waals surface area contributed by atoms with Gasteiger partial charge in [-0.3, -0.25) is 14.4 Å². The lowest BCUT2D eigenvalue weighted by Gasteiger charge is -2.14. The van der Waals surface area contributed by atoms with E-state index in [2.05, 4.69) is 10.4 Å². The summed E-state index contributed by atoms with van der Waals surface area (Å²) in [6.07, 6.45) is 6.33. The van der Waals surface area contributed by atoms with Crippen LogP contribution in [0.3, 0.4) is 0 Å². The summed E-state index contributed by atoms with van der Waals surface area (Å²) < 4.78 is 11.0. The number of ether oxygens (including phenoxy) is 2. The molecule has 2 aromatic rings. The Balaban J connectivity index is 1.26. The summed E-state index contributed by atoms with van der Waals surface area (Å²) in [5.74, 6) is -0.749. The maximum Gasteiger partial charge on any atom is 0.262 e. The van der Waals surface area contributed by atoms with Crippen LogP contribution in [0.1, 0.15) is 17.5 Å². The van der Waals surface area contributed by atoms with Crippen molar-refractivity contribution in [2.75, 3.05) is 19.0 Å². The summed E-state index contributed by atoms with van der Waals surface area (Å²) >= 11 is 6.40. The lowest BCUT2D eigenvalue weighted by atomic mass is 9.85. The third-order valence-electron chi connectivity index (χ3n) is 6.70. The summed E-state index contributed by atoms with van der Waals surface area (Å²) in [7, 11) is 1.45. The van der Waals surface area contributed by atoms with Crippen molar-refractivity contribution >= 4 is 41.2 Å². The highest BCUT2D eigenvalue weighted by Gasteiger charge is 2.59. The number of rotatable bonds is 7. The molecule has 0 aromatic heterocycles. The minimum absolute atomic E-state index is 0.121. The van der Waals surface area contributed by atoms with Gasteiger partial charge in [-0.25, -0.2) is 0 Å². The zero-order valence-electron chi connectivity index (χ0n) is 19.2. The molecule has 0 spiro atoms. The Bertz CT molecular complexity index is 1230. The van der Waals surface area contributed by atoms with E-state index in [1.807, 2.05) is 31.2 Å². The number of aryl methyl sites for hydroxylation is 1. The number of amides is 3. The molecule has 3 aliphatic rings. The van der Waals surface area contributed by atoms with Gasteiger partial charge < -0.3 is 14.8 Å². The van der Waals surface area contributed by atoms with Crippen LogP contribution in [-0.2, 0) is 14.4 Å². The standard InChI is InChI=1S/C26H24ClN3O5/c1-14-3-7-18(8-4-14)29-21(31)13-35-24-19(27)9-15(10-20(24)34-2)12-28-30-25(32)22-16-5-6-17(11-16)23(22)26(30)33/h3-10,12,16-17,22-23H,11,13H2,1-2H3,(H,29,31)/t16-,17-,22-,23+/m0/s1. The van der Waals surface area contributed by atoms with Gasteiger partial charge in [-0.15, -0.1) is 0 Å². The van der Waals surface area contributed by atoms with E-state index in [0.29, 0.717) is 17.0 Å². The number of fused-ring (bicyclic) bond motifs is 5. The molecule has 3 amide bonds. The van der Waals surface area contributed by atoms with Crippen LogP contribution in [0.4, 0.5) is 5.69 Å². The molecule has 1 N–H and O–H groups in total. The first-order chi connectivity index (χ1) is 16.9. The maximum absolute atomic E-state index is 12.8. The number of hydrogen-bond acceptors (Lipinski definition) is 6. The normalized spacial score (nSPS) is 24.4. The van der Waals surface area contributed by atoms with E-state index in [0.717, 1.165) is 17.0 Å². The van der Waals surface area contributed by atoms with E-state index < -0.39 is 0 Å². The highest BCUT2D eigenvalue weighted by molar-refractivity contribution is 6.32. The smallest absolute Gasteiger partial charge is 0.262 e. The zero-order valence-corrected chi connectivity index (χ0v) is 20.0. The number of nitrogens with zero attached hydrogens (tertiary/aromatic N) is 2. The van der Waals surface area contributed by atoms with E-state index in [4.69, 9.17) is 21.1 Å². The second-order valence-corrected chi connectivity index (χ2v) is 9.38. The number of hydrogen-bond donors (Lipinski definition) is 1. The van der Waals surface area contributed by atoms with Crippen LogP contribution in [0.25, 0.3) is 0 Å². The highest BCUT2D eigenvalue weighted by Crippen LogP contribution is 2.52. The molecule has 1 heterocycles. The van der Waals surface area contributed by atoms with Gasteiger partial charge in [-0.05, 0) is 55.0 Å². The number of anilines is 1. The molecule has 8 nitrogen and oxygen atoms in total. The topological polar surface area (TPSA) is 97.3 Å². The van der Waals surface area contributed by atoms with Gasteiger partial charge in [0.25, 0.3) is 17.7 Å². The molecular weight excluding hydrogens is 470 g/mol. The molecule has 0 radical (unpaired) electrons. The third-order valence-corrected chi connectivity index (χ3v) is 6.98. The van der Waals surface area contributed by atoms with Crippen molar-refractivity contribution < 1.29 is 23.9 Å². The van der Waals surface area contributed by atoms with Gasteiger partial charge in [0.2, 0.25) is 0 Å². The molecule has 1 saturated heterocycles. The Hall–Kier alpha value is -3.65. The van der Waals surface area contributed by atoms with Crippen LogP contribution in [-0.4, -0.2) is 42.7 Å². The van der Waals surface area contributed by atoms with Gasteiger partial charge in [0.1, 0.15) is 0 Å². The molecule has 1 aliphatic heterocycles. The molecule has 0 unspecified atom stereocenters. The monoisotopic (exact) mass is 493 g/mol. The fraction of sp³-hybridized carbons (Fsp3) is 0.308. The predicted octanol–water partition coefficient (Wildman–Crippen LogP) is 3.82. The minimum Gasteiger partial charge on any atom is -0.493 e. The number of hydrazone groups is 1. The quantitative estimate of drug-likeness (QED) is 0.359. The van der Waals surface area contributed by atoms with Crippen molar-refractivity contribution in [2.45, 2.75) is 13.3 Å². The van der Waals surface area contributed by atoms with E-state index in [-0.39, 0.29) is 58.8 Å². The molecule has 2 aromatic carbocycles. The molecule has 5 rings (SSSR count). The number of allylic oxidation sites excluding steroid dienone is 2. The van der Waals surface area contributed by atoms with Crippen molar-refractivity contribution in [3.05, 3.63) is 64.7 Å². The van der Waals surface area contributed by atoms with Crippen molar-refractivity contribution in [1.82, 2.24) is 5.01 Å². The molecule has 35 heavy (non-hydrogen) atoms. The molecule has 4 atom stereocenters. The van der Waals surface area contributed by atoms with Gasteiger partial charge in [0.05, 0.1) is 30.2 Å². The second kappa shape index (κ2) is 9.19. The average molecular weight is 494 g/mol. The fourth-order valence-corrected chi connectivity index (χ4v) is 5.32. The van der Waals surface area contributed by atoms with Crippen LogP contribution in [0.15, 0.2) is 53.7 Å². The van der Waals surface area contributed by atoms with Crippen LogP contribution in [0.5, 0.6) is 11.5 Å². The van der Waals surface area contributed by atoms with E-state index in [9.17, 15) is 14.4 Å². The molecule has 9 heteroatoms. The highest BCUT2D eigenvalue weighted by atomic mass is 35.5. The summed E-state index contributed by atoms with van der Waals surface area (Å²) in [6.45, 7) is 1.69. The van der Waals surface area contributed by atoms with Crippen molar-refractivity contribution in [3.8, 4) is 11.5 Å². The van der Waals surface area contributed by atoms with Gasteiger partial charge in [0, 0.05) is 5.69 Å². The Morgan fingerprint density at radius 2 is 1.80 bits per heavy atom. The number of halogens is 1. The summed E-state index contributed by atoms with van der Waals surface area (Å²) in [5, 5.41) is 8.10. The van der Waals surface area contributed by atoms with Gasteiger partial charge in [0.15, 0.2) is 18.1 Å². The molecule has 2 bridgehead atoms. The van der Waals surface area contributed by atoms with Crippen LogP contribution in [0, 0.1) is 30.6 Å². The first-order valence-corrected chi connectivity index (χ1v) is 11.7. The molecule has 2 aliphatic carbocycles. The Kier molecular flexibility index (Phi) is 6.06. The number of imide groups is 1. The summed E-state index contributed by atoms with van der Waals surface area (Å²) in [4.78, 5) is 37.9. The van der Waals surface area contributed by atoms with Gasteiger partial charge in [-0.1, -0.05) is 41.4 Å². The molecule has 2 fully saturated rings. The summed E-state index contributed by atoms with van der Waals surface area (Å²) in [6, 6.07) is 10.6. The Morgan fingerprint density at radius 3 is 2.43 bits per heavy atom. The fourth-order valence-electron chi connectivity index (χ4n) is 5.05. The van der Waals surface area contributed by atoms with Crippen molar-refractivity contribution in [2.24, 2.45) is 28.8 Å².